The first-order valence-corrected chi connectivity index (χ1v) is 4.65. The summed E-state index contributed by atoms with van der Waals surface area (Å²) >= 11 is 0. The van der Waals surface area contributed by atoms with Crippen LogP contribution in [0.25, 0.3) is 0 Å². The molecule has 0 fully saturated rings. The molecule has 0 atom stereocenters. The molecule has 1 heterocycles. The van der Waals surface area contributed by atoms with E-state index in [0.717, 1.165) is 5.56 Å². The Balaban J connectivity index is 2.46. The zero-order valence-corrected chi connectivity index (χ0v) is 8.82. The number of methoxy groups -OCH3 is 1. The Morgan fingerprint density at radius 3 is 3.07 bits per heavy atom. The number of alkyl carbamates (subject to hydrolysis) is 1. The van der Waals surface area contributed by atoms with Crippen LogP contribution < -0.4 is 10.1 Å². The number of pyridine rings is 1. The number of aromatic nitrogens is 1. The van der Waals surface area contributed by atoms with E-state index in [0.29, 0.717) is 19.0 Å². The maximum atomic E-state index is 11.0. The van der Waals surface area contributed by atoms with E-state index in [1.165, 1.54) is 0 Å². The van der Waals surface area contributed by atoms with Crippen LogP contribution in [0.15, 0.2) is 18.3 Å². The van der Waals surface area contributed by atoms with Crippen molar-refractivity contribution in [3.8, 4) is 5.88 Å². The molecular weight excluding hydrogens is 196 g/mol. The molecule has 82 valence electrons. The third kappa shape index (κ3) is 3.84. The maximum absolute atomic E-state index is 11.0. The van der Waals surface area contributed by atoms with Gasteiger partial charge in [-0.15, -0.1) is 0 Å². The summed E-state index contributed by atoms with van der Waals surface area (Å²) in [6, 6.07) is 3.56. The molecule has 0 aliphatic rings. The van der Waals surface area contributed by atoms with E-state index in [1.807, 2.05) is 0 Å². The fourth-order valence-electron chi connectivity index (χ4n) is 1.03. The highest BCUT2D eigenvalue weighted by molar-refractivity contribution is 5.67. The molecule has 0 unspecified atom stereocenters. The van der Waals surface area contributed by atoms with E-state index < -0.39 is 6.09 Å². The van der Waals surface area contributed by atoms with Gasteiger partial charge in [-0.1, -0.05) is 0 Å². The summed E-state index contributed by atoms with van der Waals surface area (Å²) in [5, 5.41) is 2.61. The minimum Gasteiger partial charge on any atom is -0.481 e. The van der Waals surface area contributed by atoms with Gasteiger partial charge < -0.3 is 14.8 Å². The summed E-state index contributed by atoms with van der Waals surface area (Å²) in [6.45, 7) is 2.53. The summed E-state index contributed by atoms with van der Waals surface area (Å²) in [5.41, 5.74) is 0.912. The van der Waals surface area contributed by atoms with Gasteiger partial charge in [0.2, 0.25) is 5.88 Å². The average molecular weight is 210 g/mol. The Hall–Kier alpha value is -1.78. The second kappa shape index (κ2) is 5.85. The average Bonchev–Trinajstić information content (AvgIpc) is 2.27. The smallest absolute Gasteiger partial charge is 0.407 e. The molecule has 1 amide bonds. The van der Waals surface area contributed by atoms with Gasteiger partial charge in [0, 0.05) is 18.8 Å². The lowest BCUT2D eigenvalue weighted by Crippen LogP contribution is -2.23. The predicted octanol–water partition coefficient (Wildman–Crippen LogP) is 1.34. The van der Waals surface area contributed by atoms with Crippen molar-refractivity contribution < 1.29 is 14.3 Å². The minimum atomic E-state index is -0.423. The van der Waals surface area contributed by atoms with Crippen LogP contribution in [0.1, 0.15) is 12.5 Å². The highest BCUT2D eigenvalue weighted by atomic mass is 16.5. The van der Waals surface area contributed by atoms with Crippen LogP contribution in [0.5, 0.6) is 5.88 Å². The highest BCUT2D eigenvalue weighted by Gasteiger charge is 2.01. The normalized spacial score (nSPS) is 9.47. The molecule has 0 spiro atoms. The monoisotopic (exact) mass is 210 g/mol. The highest BCUT2D eigenvalue weighted by Crippen LogP contribution is 2.07. The lowest BCUT2D eigenvalue weighted by Gasteiger charge is -2.05. The molecule has 0 saturated carbocycles. The van der Waals surface area contributed by atoms with Crippen LogP contribution in [0.3, 0.4) is 0 Å². The van der Waals surface area contributed by atoms with Crippen molar-refractivity contribution in [3.05, 3.63) is 23.9 Å². The Morgan fingerprint density at radius 2 is 2.40 bits per heavy atom. The van der Waals surface area contributed by atoms with Gasteiger partial charge in [-0.2, -0.15) is 0 Å². The van der Waals surface area contributed by atoms with Gasteiger partial charge in [0.25, 0.3) is 0 Å². The Labute approximate surface area is 88.4 Å². The number of ether oxygens (including phenoxy) is 2. The van der Waals surface area contributed by atoms with Crippen molar-refractivity contribution in [3.63, 3.8) is 0 Å². The SMILES string of the molecule is CCOC(=O)NCc1ccnc(OC)c1. The van der Waals surface area contributed by atoms with E-state index in [1.54, 1.807) is 32.4 Å². The molecule has 1 N–H and O–H groups in total. The number of nitrogens with one attached hydrogen (secondary N) is 1. The number of amides is 1. The van der Waals surface area contributed by atoms with E-state index in [9.17, 15) is 4.79 Å². The summed E-state index contributed by atoms with van der Waals surface area (Å²) in [6.07, 6.45) is 1.20. The number of carbonyl (C=O) groups excluding carboxylic acids is 1. The van der Waals surface area contributed by atoms with Crippen LogP contribution in [0.2, 0.25) is 0 Å². The van der Waals surface area contributed by atoms with E-state index in [2.05, 4.69) is 10.3 Å². The van der Waals surface area contributed by atoms with Crippen molar-refractivity contribution >= 4 is 6.09 Å². The van der Waals surface area contributed by atoms with Gasteiger partial charge in [0.05, 0.1) is 13.7 Å². The van der Waals surface area contributed by atoms with E-state index in [-0.39, 0.29) is 0 Å². The summed E-state index contributed by atoms with van der Waals surface area (Å²) in [5.74, 6) is 0.526. The third-order valence-electron chi connectivity index (χ3n) is 1.72. The molecule has 1 aromatic rings. The van der Waals surface area contributed by atoms with Gasteiger partial charge in [0.15, 0.2) is 0 Å². The van der Waals surface area contributed by atoms with Gasteiger partial charge >= 0.3 is 6.09 Å². The number of hydrogen-bond acceptors (Lipinski definition) is 4. The fourth-order valence-corrected chi connectivity index (χ4v) is 1.03. The molecule has 15 heavy (non-hydrogen) atoms. The molecule has 0 aliphatic heterocycles. The Morgan fingerprint density at radius 1 is 1.60 bits per heavy atom. The number of hydrogen-bond donors (Lipinski definition) is 1. The third-order valence-corrected chi connectivity index (χ3v) is 1.72. The van der Waals surface area contributed by atoms with Gasteiger partial charge in [-0.3, -0.25) is 0 Å². The van der Waals surface area contributed by atoms with Crippen molar-refractivity contribution in [2.45, 2.75) is 13.5 Å². The fraction of sp³-hybridized carbons (Fsp3) is 0.400. The van der Waals surface area contributed by atoms with Crippen molar-refractivity contribution in [1.29, 1.82) is 0 Å². The first kappa shape index (κ1) is 11.3. The second-order valence-electron chi connectivity index (χ2n) is 2.78. The van der Waals surface area contributed by atoms with Crippen LogP contribution in [-0.4, -0.2) is 24.8 Å². The molecule has 0 saturated heterocycles. The molecule has 0 bridgehead atoms. The van der Waals surface area contributed by atoms with E-state index in [4.69, 9.17) is 9.47 Å². The molecule has 0 radical (unpaired) electrons. The van der Waals surface area contributed by atoms with Crippen molar-refractivity contribution in [1.82, 2.24) is 10.3 Å². The lowest BCUT2D eigenvalue weighted by atomic mass is 10.3. The maximum Gasteiger partial charge on any atom is 0.407 e. The van der Waals surface area contributed by atoms with Gasteiger partial charge in [0.1, 0.15) is 0 Å². The summed E-state index contributed by atoms with van der Waals surface area (Å²) < 4.78 is 9.68. The largest absolute Gasteiger partial charge is 0.481 e. The topological polar surface area (TPSA) is 60.5 Å². The van der Waals surface area contributed by atoms with Crippen molar-refractivity contribution in [2.24, 2.45) is 0 Å². The molecule has 1 aromatic heterocycles. The quantitative estimate of drug-likeness (QED) is 0.814. The molecule has 0 aromatic carbocycles. The number of rotatable bonds is 4. The Bertz CT molecular complexity index is 328. The first-order chi connectivity index (χ1) is 7.26. The molecule has 1 rings (SSSR count). The van der Waals surface area contributed by atoms with Crippen LogP contribution >= 0.6 is 0 Å². The van der Waals surface area contributed by atoms with Crippen LogP contribution in [-0.2, 0) is 11.3 Å². The zero-order valence-electron chi connectivity index (χ0n) is 8.82. The zero-order chi connectivity index (χ0) is 11.1. The summed E-state index contributed by atoms with van der Waals surface area (Å²) in [7, 11) is 1.55. The van der Waals surface area contributed by atoms with E-state index >= 15 is 0 Å². The number of nitrogens with zero attached hydrogens (tertiary/aromatic N) is 1. The lowest BCUT2D eigenvalue weighted by molar-refractivity contribution is 0.151. The van der Waals surface area contributed by atoms with Gasteiger partial charge in [-0.25, -0.2) is 9.78 Å². The van der Waals surface area contributed by atoms with Gasteiger partial charge in [-0.05, 0) is 18.6 Å². The molecular formula is C10H14N2O3. The van der Waals surface area contributed by atoms with Crippen LogP contribution in [0.4, 0.5) is 4.79 Å². The minimum absolute atomic E-state index is 0.367. The molecule has 5 heteroatoms. The van der Waals surface area contributed by atoms with Crippen LogP contribution in [0, 0.1) is 0 Å². The number of carbonyl (C=O) groups is 1. The first-order valence-electron chi connectivity index (χ1n) is 4.65. The van der Waals surface area contributed by atoms with Crippen molar-refractivity contribution in [2.75, 3.05) is 13.7 Å². The molecule has 0 aliphatic carbocycles. The predicted molar refractivity (Wildman–Crippen MR) is 54.7 cm³/mol. The molecule has 5 nitrogen and oxygen atoms in total. The standard InChI is InChI=1S/C10H14N2O3/c1-3-15-10(13)12-7-8-4-5-11-9(6-8)14-2/h4-6H,3,7H2,1-2H3,(H,12,13). The Kier molecular flexibility index (Phi) is 4.40. The summed E-state index contributed by atoms with van der Waals surface area (Å²) in [4.78, 5) is 14.9. The second-order valence-corrected chi connectivity index (χ2v) is 2.78.